The van der Waals surface area contributed by atoms with Gasteiger partial charge in [0.15, 0.2) is 0 Å². The van der Waals surface area contributed by atoms with Gasteiger partial charge < -0.3 is 20.0 Å². The molecule has 0 aliphatic carbocycles. The fourth-order valence-electron chi connectivity index (χ4n) is 3.61. The summed E-state index contributed by atoms with van der Waals surface area (Å²) in [5, 5.41) is 20.8. The first-order valence-electron chi connectivity index (χ1n) is 9.68. The number of aliphatic hydroxyl groups excluding tert-OH is 1. The largest absolute Gasteiger partial charge is 0.508 e. The topological polar surface area (TPSA) is 94.0 Å². The molecule has 2 heterocycles. The molecule has 0 saturated carbocycles. The number of likely N-dealkylation sites (N-methyl/N-ethyl adjacent to an activating group) is 1. The third-order valence-electron chi connectivity index (χ3n) is 5.23. The van der Waals surface area contributed by atoms with E-state index in [1.165, 1.54) is 29.4 Å². The lowest BCUT2D eigenvalue weighted by atomic mass is 9.95. The van der Waals surface area contributed by atoms with Gasteiger partial charge in [0.1, 0.15) is 11.5 Å². The van der Waals surface area contributed by atoms with Crippen molar-refractivity contribution in [1.29, 1.82) is 0 Å². The number of hydrogen-bond acceptors (Lipinski definition) is 6. The minimum Gasteiger partial charge on any atom is -0.508 e. The van der Waals surface area contributed by atoms with E-state index in [1.807, 2.05) is 13.8 Å². The quantitative estimate of drug-likeness (QED) is 0.425. The average Bonchev–Trinajstić information content (AvgIpc) is 2.99. The van der Waals surface area contributed by atoms with E-state index in [0.29, 0.717) is 24.2 Å². The Hall–Kier alpha value is -3.19. The Labute approximate surface area is 169 Å². The van der Waals surface area contributed by atoms with Crippen LogP contribution in [0.2, 0.25) is 0 Å². The van der Waals surface area contributed by atoms with Gasteiger partial charge in [0.2, 0.25) is 0 Å². The van der Waals surface area contributed by atoms with E-state index >= 15 is 0 Å². The van der Waals surface area contributed by atoms with Crippen molar-refractivity contribution in [3.05, 3.63) is 65.5 Å². The van der Waals surface area contributed by atoms with Crippen molar-refractivity contribution < 1.29 is 19.8 Å². The lowest BCUT2D eigenvalue weighted by Gasteiger charge is -2.28. The Morgan fingerprint density at radius 1 is 1.14 bits per heavy atom. The lowest BCUT2D eigenvalue weighted by Crippen LogP contribution is -2.38. The number of rotatable bonds is 7. The van der Waals surface area contributed by atoms with Crippen molar-refractivity contribution in [3.8, 4) is 5.75 Å². The number of phenolic OH excluding ortho intramolecular Hbond substituents is 1. The number of aromatic nitrogens is 1. The molecule has 2 aromatic rings. The molecule has 1 aromatic carbocycles. The normalized spacial score (nSPS) is 18.6. The number of Topliss-reactive ketones (excluding diaryl/α,β-unsaturated/α-hetero) is 1. The number of nitrogens with zero attached hydrogens (tertiary/aromatic N) is 3. The number of carbonyl (C=O) groups is 2. The van der Waals surface area contributed by atoms with Gasteiger partial charge >= 0.3 is 0 Å². The second-order valence-corrected chi connectivity index (χ2v) is 6.85. The Morgan fingerprint density at radius 2 is 1.83 bits per heavy atom. The number of benzene rings is 1. The highest BCUT2D eigenvalue weighted by Gasteiger charge is 2.46. The molecule has 29 heavy (non-hydrogen) atoms. The van der Waals surface area contributed by atoms with Gasteiger partial charge in [0.05, 0.1) is 11.6 Å². The van der Waals surface area contributed by atoms with E-state index in [9.17, 15) is 19.8 Å². The number of amides is 1. The fraction of sp³-hybridized carbons (Fsp3) is 0.318. The number of phenols is 1. The summed E-state index contributed by atoms with van der Waals surface area (Å²) < 4.78 is 0. The zero-order valence-electron chi connectivity index (χ0n) is 16.6. The van der Waals surface area contributed by atoms with E-state index in [0.717, 1.165) is 13.1 Å². The average molecular weight is 395 g/mol. The molecule has 1 unspecified atom stereocenters. The molecule has 7 nitrogen and oxygen atoms in total. The highest BCUT2D eigenvalue weighted by molar-refractivity contribution is 6.46. The molecule has 1 atom stereocenters. The Kier molecular flexibility index (Phi) is 6.29. The first-order chi connectivity index (χ1) is 14.0. The first kappa shape index (κ1) is 20.5. The predicted octanol–water partition coefficient (Wildman–Crippen LogP) is 2.55. The van der Waals surface area contributed by atoms with Crippen LogP contribution in [0.4, 0.5) is 0 Å². The minimum absolute atomic E-state index is 0.0198. The van der Waals surface area contributed by atoms with E-state index in [1.54, 1.807) is 24.3 Å². The molecule has 1 aliphatic rings. The molecule has 2 N–H and O–H groups in total. The summed E-state index contributed by atoms with van der Waals surface area (Å²) in [6, 6.07) is 8.82. The van der Waals surface area contributed by atoms with Gasteiger partial charge in [-0.15, -0.1) is 0 Å². The standard InChI is InChI=1S/C22H25N3O4/c1-3-24(4-2)12-13-25-19(16-6-5-7-17(26)14-16)18(21(28)22(25)29)20(27)15-8-10-23-11-9-15/h5-11,14,19,26-27H,3-4,12-13H2,1-2H3/b20-18-. The lowest BCUT2D eigenvalue weighted by molar-refractivity contribution is -0.140. The zero-order valence-corrected chi connectivity index (χ0v) is 16.6. The molecule has 1 aliphatic heterocycles. The predicted molar refractivity (Wildman–Crippen MR) is 109 cm³/mol. The van der Waals surface area contributed by atoms with Crippen LogP contribution in [0.3, 0.4) is 0 Å². The molecule has 152 valence electrons. The summed E-state index contributed by atoms with van der Waals surface area (Å²) in [4.78, 5) is 33.3. The van der Waals surface area contributed by atoms with E-state index in [-0.39, 0.29) is 17.1 Å². The molecule has 0 radical (unpaired) electrons. The van der Waals surface area contributed by atoms with Crippen molar-refractivity contribution >= 4 is 17.4 Å². The summed E-state index contributed by atoms with van der Waals surface area (Å²) in [6.07, 6.45) is 3.02. The van der Waals surface area contributed by atoms with E-state index < -0.39 is 17.7 Å². The number of carbonyl (C=O) groups excluding carboxylic acids is 2. The molecular formula is C22H25N3O4. The van der Waals surface area contributed by atoms with Crippen LogP contribution in [0.1, 0.15) is 31.0 Å². The van der Waals surface area contributed by atoms with Crippen molar-refractivity contribution in [3.63, 3.8) is 0 Å². The van der Waals surface area contributed by atoms with Crippen molar-refractivity contribution in [2.75, 3.05) is 26.2 Å². The third-order valence-corrected chi connectivity index (χ3v) is 5.23. The highest BCUT2D eigenvalue weighted by Crippen LogP contribution is 2.39. The summed E-state index contributed by atoms with van der Waals surface area (Å²) in [7, 11) is 0. The van der Waals surface area contributed by atoms with Crippen LogP contribution in [0.25, 0.3) is 5.76 Å². The molecule has 0 bridgehead atoms. The van der Waals surface area contributed by atoms with Gasteiger partial charge in [-0.25, -0.2) is 0 Å². The van der Waals surface area contributed by atoms with E-state index in [2.05, 4.69) is 9.88 Å². The van der Waals surface area contributed by atoms with Gasteiger partial charge in [0.25, 0.3) is 11.7 Å². The Bertz CT molecular complexity index is 923. The van der Waals surface area contributed by atoms with Crippen molar-refractivity contribution in [1.82, 2.24) is 14.8 Å². The van der Waals surface area contributed by atoms with Crippen LogP contribution in [0, 0.1) is 0 Å². The maximum Gasteiger partial charge on any atom is 0.295 e. The number of ketones is 1. The number of aromatic hydroxyl groups is 1. The maximum absolute atomic E-state index is 12.9. The summed E-state index contributed by atoms with van der Waals surface area (Å²) in [5.41, 5.74) is 0.998. The number of hydrogen-bond donors (Lipinski definition) is 2. The van der Waals surface area contributed by atoms with Crippen LogP contribution >= 0.6 is 0 Å². The number of aliphatic hydroxyl groups is 1. The Morgan fingerprint density at radius 3 is 2.45 bits per heavy atom. The van der Waals surface area contributed by atoms with Crippen LogP contribution in [0.5, 0.6) is 5.75 Å². The number of pyridine rings is 1. The van der Waals surface area contributed by atoms with Gasteiger partial charge in [-0.2, -0.15) is 0 Å². The minimum atomic E-state index is -0.772. The first-order valence-corrected chi connectivity index (χ1v) is 9.68. The molecule has 1 fully saturated rings. The van der Waals surface area contributed by atoms with Crippen molar-refractivity contribution in [2.45, 2.75) is 19.9 Å². The molecule has 1 saturated heterocycles. The smallest absolute Gasteiger partial charge is 0.295 e. The molecule has 0 spiro atoms. The number of likely N-dealkylation sites (tertiary alicyclic amines) is 1. The second-order valence-electron chi connectivity index (χ2n) is 6.85. The monoisotopic (exact) mass is 395 g/mol. The summed E-state index contributed by atoms with van der Waals surface area (Å²) >= 11 is 0. The molecule has 1 amide bonds. The van der Waals surface area contributed by atoms with Crippen molar-refractivity contribution in [2.24, 2.45) is 0 Å². The van der Waals surface area contributed by atoms with E-state index in [4.69, 9.17) is 0 Å². The molecular weight excluding hydrogens is 370 g/mol. The van der Waals surface area contributed by atoms with Gasteiger partial charge in [-0.3, -0.25) is 14.6 Å². The summed E-state index contributed by atoms with van der Waals surface area (Å²) in [5.74, 6) is -1.60. The highest BCUT2D eigenvalue weighted by atomic mass is 16.3. The molecule has 1 aromatic heterocycles. The zero-order chi connectivity index (χ0) is 21.0. The second kappa shape index (κ2) is 8.87. The SMILES string of the molecule is CCN(CC)CCN1C(=O)C(=O)/C(=C(\O)c2ccncc2)C1c1cccc(O)c1. The molecule has 7 heteroatoms. The molecule has 3 rings (SSSR count). The van der Waals surface area contributed by atoms with Crippen LogP contribution in [0.15, 0.2) is 54.4 Å². The van der Waals surface area contributed by atoms with Gasteiger partial charge in [-0.1, -0.05) is 26.0 Å². The fourth-order valence-corrected chi connectivity index (χ4v) is 3.61. The Balaban J connectivity index is 2.09. The third kappa shape index (κ3) is 4.14. The van der Waals surface area contributed by atoms with Crippen LogP contribution in [-0.4, -0.2) is 62.9 Å². The van der Waals surface area contributed by atoms with Gasteiger partial charge in [0, 0.05) is 31.0 Å². The van der Waals surface area contributed by atoms with Crippen LogP contribution < -0.4 is 0 Å². The van der Waals surface area contributed by atoms with Crippen LogP contribution in [-0.2, 0) is 9.59 Å². The maximum atomic E-state index is 12.9. The van der Waals surface area contributed by atoms with Gasteiger partial charge in [-0.05, 0) is 42.9 Å². The summed E-state index contributed by atoms with van der Waals surface area (Å²) in [6.45, 7) is 6.66.